The Labute approximate surface area is 110 Å². The van der Waals surface area contributed by atoms with E-state index in [-0.39, 0.29) is 5.79 Å². The van der Waals surface area contributed by atoms with Gasteiger partial charge in [0, 0.05) is 31.0 Å². The number of ether oxygens (including phenoxy) is 2. The lowest BCUT2D eigenvalue weighted by atomic mass is 9.87. The Morgan fingerprint density at radius 1 is 0.833 bits per heavy atom. The Bertz CT molecular complexity index is 261. The summed E-state index contributed by atoms with van der Waals surface area (Å²) in [5.41, 5.74) is 5.95. The molecule has 1 aliphatic heterocycles. The minimum absolute atomic E-state index is 0.215. The number of hydrogen-bond acceptors (Lipinski definition) is 4. The third kappa shape index (κ3) is 2.87. The first-order valence-electron chi connectivity index (χ1n) is 7.55. The van der Waals surface area contributed by atoms with Crippen LogP contribution in [0.1, 0.15) is 51.4 Å². The van der Waals surface area contributed by atoms with E-state index in [0.717, 1.165) is 26.1 Å². The highest BCUT2D eigenvalue weighted by molar-refractivity contribution is 4.88. The second-order valence-electron chi connectivity index (χ2n) is 6.16. The maximum atomic E-state index is 5.95. The molecule has 0 amide bonds. The van der Waals surface area contributed by atoms with Gasteiger partial charge in [-0.05, 0) is 38.5 Å². The van der Waals surface area contributed by atoms with Crippen LogP contribution in [0, 0.1) is 0 Å². The van der Waals surface area contributed by atoms with Gasteiger partial charge in [0.25, 0.3) is 0 Å². The third-order valence-electron chi connectivity index (χ3n) is 4.80. The van der Waals surface area contributed by atoms with Crippen molar-refractivity contribution in [1.29, 1.82) is 0 Å². The van der Waals surface area contributed by atoms with Crippen LogP contribution in [0.5, 0.6) is 0 Å². The molecule has 3 N–H and O–H groups in total. The van der Waals surface area contributed by atoms with Gasteiger partial charge in [0.1, 0.15) is 0 Å². The van der Waals surface area contributed by atoms with Crippen molar-refractivity contribution in [3.63, 3.8) is 0 Å². The molecule has 3 aliphatic rings. The van der Waals surface area contributed by atoms with Crippen molar-refractivity contribution in [1.82, 2.24) is 5.32 Å². The van der Waals surface area contributed by atoms with Crippen LogP contribution >= 0.6 is 0 Å². The molecule has 18 heavy (non-hydrogen) atoms. The minimum atomic E-state index is -0.215. The Hall–Kier alpha value is -0.160. The summed E-state index contributed by atoms with van der Waals surface area (Å²) in [7, 11) is 0. The smallest absolute Gasteiger partial charge is 0.168 e. The first-order chi connectivity index (χ1) is 8.76. The maximum absolute atomic E-state index is 5.95. The lowest BCUT2D eigenvalue weighted by Crippen LogP contribution is -2.47. The van der Waals surface area contributed by atoms with E-state index in [2.05, 4.69) is 5.32 Å². The highest BCUT2D eigenvalue weighted by Crippen LogP contribution is 2.36. The van der Waals surface area contributed by atoms with Crippen molar-refractivity contribution in [2.24, 2.45) is 5.73 Å². The van der Waals surface area contributed by atoms with Crippen molar-refractivity contribution >= 4 is 0 Å². The predicted octanol–water partition coefficient (Wildman–Crippen LogP) is 1.53. The van der Waals surface area contributed by atoms with E-state index < -0.39 is 0 Å². The summed E-state index contributed by atoms with van der Waals surface area (Å²) in [5, 5.41) is 3.82. The fourth-order valence-corrected chi connectivity index (χ4v) is 3.63. The molecule has 0 radical (unpaired) electrons. The van der Waals surface area contributed by atoms with E-state index >= 15 is 0 Å². The highest BCUT2D eigenvalue weighted by atomic mass is 16.7. The van der Waals surface area contributed by atoms with Crippen LogP contribution in [-0.4, -0.2) is 37.1 Å². The fraction of sp³-hybridized carbons (Fsp3) is 1.00. The molecular weight excluding hydrogens is 228 g/mol. The van der Waals surface area contributed by atoms with E-state index in [1.165, 1.54) is 38.5 Å². The zero-order valence-corrected chi connectivity index (χ0v) is 11.2. The molecule has 1 spiro atoms. The molecule has 0 unspecified atom stereocenters. The summed E-state index contributed by atoms with van der Waals surface area (Å²) in [6.07, 6.45) is 9.33. The lowest BCUT2D eigenvalue weighted by molar-refractivity contribution is -0.179. The average molecular weight is 254 g/mol. The first-order valence-corrected chi connectivity index (χ1v) is 7.55. The molecule has 2 aliphatic carbocycles. The molecule has 3 fully saturated rings. The van der Waals surface area contributed by atoms with Crippen LogP contribution in [0.3, 0.4) is 0 Å². The molecule has 0 aromatic rings. The molecule has 4 heteroatoms. The van der Waals surface area contributed by atoms with Gasteiger partial charge in [0.2, 0.25) is 0 Å². The van der Waals surface area contributed by atoms with Gasteiger partial charge in [0.15, 0.2) is 5.79 Å². The molecule has 0 bridgehead atoms. The fourth-order valence-electron chi connectivity index (χ4n) is 3.63. The summed E-state index contributed by atoms with van der Waals surface area (Å²) in [5.74, 6) is -0.215. The van der Waals surface area contributed by atoms with Crippen LogP contribution < -0.4 is 11.1 Å². The number of hydrogen-bond donors (Lipinski definition) is 2. The van der Waals surface area contributed by atoms with Crippen LogP contribution in [0.15, 0.2) is 0 Å². The van der Waals surface area contributed by atoms with Crippen LogP contribution in [-0.2, 0) is 9.47 Å². The van der Waals surface area contributed by atoms with E-state index in [1.54, 1.807) is 0 Å². The maximum Gasteiger partial charge on any atom is 0.168 e. The monoisotopic (exact) mass is 254 g/mol. The molecule has 3 rings (SSSR count). The van der Waals surface area contributed by atoms with Gasteiger partial charge in [-0.1, -0.05) is 0 Å². The second kappa shape index (κ2) is 5.45. The molecule has 0 aromatic heterocycles. The Kier molecular flexibility index (Phi) is 3.89. The normalized spacial score (nSPS) is 37.2. The van der Waals surface area contributed by atoms with Gasteiger partial charge in [-0.25, -0.2) is 0 Å². The van der Waals surface area contributed by atoms with Gasteiger partial charge in [-0.2, -0.15) is 0 Å². The molecule has 1 saturated heterocycles. The largest absolute Gasteiger partial charge is 0.348 e. The lowest BCUT2D eigenvalue weighted by Gasteiger charge is -2.38. The van der Waals surface area contributed by atoms with E-state index in [1.807, 2.05) is 0 Å². The third-order valence-corrected chi connectivity index (χ3v) is 4.80. The Balaban J connectivity index is 1.42. The zero-order chi connectivity index (χ0) is 12.4. The van der Waals surface area contributed by atoms with Crippen molar-refractivity contribution in [3.05, 3.63) is 0 Å². The highest BCUT2D eigenvalue weighted by Gasteiger charge is 2.40. The molecule has 4 nitrogen and oxygen atoms in total. The van der Waals surface area contributed by atoms with Gasteiger partial charge in [0.05, 0.1) is 13.2 Å². The van der Waals surface area contributed by atoms with Crippen molar-refractivity contribution in [2.45, 2.75) is 75.3 Å². The van der Waals surface area contributed by atoms with Crippen molar-refractivity contribution < 1.29 is 9.47 Å². The molecule has 2 saturated carbocycles. The summed E-state index contributed by atoms with van der Waals surface area (Å²) >= 11 is 0. The van der Waals surface area contributed by atoms with E-state index in [0.29, 0.717) is 18.1 Å². The topological polar surface area (TPSA) is 56.5 Å². The van der Waals surface area contributed by atoms with Crippen LogP contribution in [0.25, 0.3) is 0 Å². The molecule has 0 aromatic carbocycles. The quantitative estimate of drug-likeness (QED) is 0.784. The summed E-state index contributed by atoms with van der Waals surface area (Å²) in [4.78, 5) is 0. The molecular formula is C14H26N2O2. The van der Waals surface area contributed by atoms with Gasteiger partial charge in [-0.3, -0.25) is 0 Å². The molecule has 0 atom stereocenters. The summed E-state index contributed by atoms with van der Waals surface area (Å²) in [6.45, 7) is 1.55. The van der Waals surface area contributed by atoms with Crippen LogP contribution in [0.2, 0.25) is 0 Å². The van der Waals surface area contributed by atoms with Crippen molar-refractivity contribution in [3.8, 4) is 0 Å². The predicted molar refractivity (Wildman–Crippen MR) is 70.3 cm³/mol. The zero-order valence-electron chi connectivity index (χ0n) is 11.2. The summed E-state index contributed by atoms with van der Waals surface area (Å²) < 4.78 is 11.5. The van der Waals surface area contributed by atoms with E-state index in [4.69, 9.17) is 15.2 Å². The van der Waals surface area contributed by atoms with Gasteiger partial charge in [-0.15, -0.1) is 0 Å². The minimum Gasteiger partial charge on any atom is -0.348 e. The van der Waals surface area contributed by atoms with Gasteiger partial charge < -0.3 is 20.5 Å². The molecule has 104 valence electrons. The van der Waals surface area contributed by atoms with Crippen molar-refractivity contribution in [2.75, 3.05) is 13.2 Å². The Morgan fingerprint density at radius 2 is 1.39 bits per heavy atom. The van der Waals surface area contributed by atoms with Crippen LogP contribution in [0.4, 0.5) is 0 Å². The second-order valence-corrected chi connectivity index (χ2v) is 6.16. The molecule has 1 heterocycles. The standard InChI is InChI=1S/C14H26N2O2/c15-11-1-3-12(4-2-11)16-13-5-7-14(8-6-13)17-9-10-18-14/h11-13,16H,1-10,15H2. The average Bonchev–Trinajstić information content (AvgIpc) is 2.84. The van der Waals surface area contributed by atoms with E-state index in [9.17, 15) is 0 Å². The van der Waals surface area contributed by atoms with Gasteiger partial charge >= 0.3 is 0 Å². The Morgan fingerprint density at radius 3 is 2.00 bits per heavy atom. The first kappa shape index (κ1) is 12.9. The number of nitrogens with two attached hydrogens (primary N) is 1. The SMILES string of the molecule is NC1CCC(NC2CCC3(CC2)OCCO3)CC1. The number of rotatable bonds is 2. The summed E-state index contributed by atoms with van der Waals surface area (Å²) in [6, 6.07) is 1.79. The number of nitrogens with one attached hydrogen (secondary N) is 1.